The zero-order valence-electron chi connectivity index (χ0n) is 18.9. The number of nitrogens with one attached hydrogen (secondary N) is 1. The Balaban J connectivity index is 1.40. The van der Waals surface area contributed by atoms with Crippen LogP contribution in [0, 0.1) is 11.8 Å². The maximum absolute atomic E-state index is 12.0. The molecule has 0 saturated carbocycles. The molecular formula is C27H31N3O2. The SMILES string of the molecule is CCn1c(C#CCOC(=O)c2ccccc2)cc2cc(CNC3CCN(C)CC3)ccc21. The summed E-state index contributed by atoms with van der Waals surface area (Å²) in [4.78, 5) is 14.4. The molecule has 1 fully saturated rings. The predicted molar refractivity (Wildman–Crippen MR) is 129 cm³/mol. The van der Waals surface area contributed by atoms with Gasteiger partial charge in [0.1, 0.15) is 0 Å². The molecule has 0 spiro atoms. The van der Waals surface area contributed by atoms with Crippen LogP contribution in [-0.4, -0.2) is 48.2 Å². The van der Waals surface area contributed by atoms with Crippen molar-refractivity contribution in [1.82, 2.24) is 14.8 Å². The van der Waals surface area contributed by atoms with E-state index in [9.17, 15) is 4.79 Å². The van der Waals surface area contributed by atoms with Crippen molar-refractivity contribution in [2.24, 2.45) is 0 Å². The first-order chi connectivity index (χ1) is 15.6. The molecule has 2 heterocycles. The van der Waals surface area contributed by atoms with Crippen LogP contribution in [-0.2, 0) is 17.8 Å². The number of piperidine rings is 1. The lowest BCUT2D eigenvalue weighted by atomic mass is 10.0. The number of rotatable bonds is 6. The monoisotopic (exact) mass is 429 g/mol. The molecule has 0 atom stereocenters. The molecule has 0 bridgehead atoms. The Morgan fingerprint density at radius 2 is 1.91 bits per heavy atom. The number of likely N-dealkylation sites (tertiary alicyclic amines) is 1. The van der Waals surface area contributed by atoms with Gasteiger partial charge in [0.25, 0.3) is 0 Å². The van der Waals surface area contributed by atoms with Gasteiger partial charge in [0.2, 0.25) is 0 Å². The molecule has 0 amide bonds. The van der Waals surface area contributed by atoms with Crippen LogP contribution < -0.4 is 5.32 Å². The lowest BCUT2D eigenvalue weighted by Gasteiger charge is -2.29. The zero-order chi connectivity index (χ0) is 22.3. The molecule has 2 aromatic carbocycles. The van der Waals surface area contributed by atoms with Crippen molar-refractivity contribution in [3.8, 4) is 11.8 Å². The van der Waals surface area contributed by atoms with Gasteiger partial charge in [0, 0.05) is 30.0 Å². The van der Waals surface area contributed by atoms with Gasteiger partial charge in [-0.2, -0.15) is 0 Å². The van der Waals surface area contributed by atoms with Crippen molar-refractivity contribution < 1.29 is 9.53 Å². The highest BCUT2D eigenvalue weighted by Gasteiger charge is 2.16. The van der Waals surface area contributed by atoms with Gasteiger partial charge in [0.05, 0.1) is 11.3 Å². The maximum Gasteiger partial charge on any atom is 0.339 e. The largest absolute Gasteiger partial charge is 0.449 e. The molecule has 1 N–H and O–H groups in total. The second-order valence-corrected chi connectivity index (χ2v) is 8.37. The molecule has 1 aliphatic rings. The molecule has 5 nitrogen and oxygen atoms in total. The van der Waals surface area contributed by atoms with E-state index in [1.54, 1.807) is 12.1 Å². The van der Waals surface area contributed by atoms with Crippen LogP contribution in [0.1, 0.15) is 41.4 Å². The molecule has 1 aliphatic heterocycles. The fourth-order valence-corrected chi connectivity index (χ4v) is 4.24. The van der Waals surface area contributed by atoms with Gasteiger partial charge >= 0.3 is 5.97 Å². The lowest BCUT2D eigenvalue weighted by Crippen LogP contribution is -2.40. The summed E-state index contributed by atoms with van der Waals surface area (Å²) in [7, 11) is 2.19. The van der Waals surface area contributed by atoms with Crippen LogP contribution in [0.5, 0.6) is 0 Å². The first kappa shape index (κ1) is 22.1. The molecule has 3 aromatic rings. The first-order valence-electron chi connectivity index (χ1n) is 11.4. The van der Waals surface area contributed by atoms with Crippen LogP contribution in [0.25, 0.3) is 10.9 Å². The molecule has 1 saturated heterocycles. The summed E-state index contributed by atoms with van der Waals surface area (Å²) in [5, 5.41) is 4.91. The minimum Gasteiger partial charge on any atom is -0.449 e. The van der Waals surface area contributed by atoms with Crippen molar-refractivity contribution >= 4 is 16.9 Å². The quantitative estimate of drug-likeness (QED) is 0.474. The van der Waals surface area contributed by atoms with Crippen LogP contribution in [0.15, 0.2) is 54.6 Å². The summed E-state index contributed by atoms with van der Waals surface area (Å²) < 4.78 is 7.48. The number of hydrogen-bond donors (Lipinski definition) is 1. The van der Waals surface area contributed by atoms with E-state index in [-0.39, 0.29) is 12.6 Å². The number of aromatic nitrogens is 1. The van der Waals surface area contributed by atoms with E-state index in [1.807, 2.05) is 18.2 Å². The Morgan fingerprint density at radius 3 is 2.66 bits per heavy atom. The number of aryl methyl sites for hydroxylation is 1. The highest BCUT2D eigenvalue weighted by molar-refractivity contribution is 5.89. The standard InChI is InChI=1S/C27H31N3O2/c1-3-30-25(10-7-17-32-27(31)22-8-5-4-6-9-22)19-23-18-21(11-12-26(23)30)20-28-24-13-15-29(2)16-14-24/h4-6,8-9,11-12,18-19,24,28H,3,13-17,20H2,1-2H3. The normalized spacial score (nSPS) is 14.8. The van der Waals surface area contributed by atoms with E-state index in [1.165, 1.54) is 42.4 Å². The summed E-state index contributed by atoms with van der Waals surface area (Å²) in [6, 6.07) is 18.4. The number of carbonyl (C=O) groups is 1. The molecule has 0 unspecified atom stereocenters. The van der Waals surface area contributed by atoms with Gasteiger partial charge in [-0.05, 0) is 81.7 Å². The number of carbonyl (C=O) groups excluding carboxylic acids is 1. The molecule has 32 heavy (non-hydrogen) atoms. The number of esters is 1. The molecule has 1 aromatic heterocycles. The topological polar surface area (TPSA) is 46.5 Å². The smallest absolute Gasteiger partial charge is 0.339 e. The van der Waals surface area contributed by atoms with E-state index in [4.69, 9.17) is 4.74 Å². The minimum atomic E-state index is -0.349. The Labute approximate surface area is 190 Å². The zero-order valence-corrected chi connectivity index (χ0v) is 18.9. The lowest BCUT2D eigenvalue weighted by molar-refractivity contribution is 0.0556. The third kappa shape index (κ3) is 5.40. The second kappa shape index (κ2) is 10.5. The number of fused-ring (bicyclic) bond motifs is 1. The van der Waals surface area contributed by atoms with Crippen molar-refractivity contribution in [3.63, 3.8) is 0 Å². The fraction of sp³-hybridized carbons (Fsp3) is 0.370. The Morgan fingerprint density at radius 1 is 1.12 bits per heavy atom. The molecule has 0 radical (unpaired) electrons. The second-order valence-electron chi connectivity index (χ2n) is 8.37. The number of hydrogen-bond acceptors (Lipinski definition) is 4. The Kier molecular flexibility index (Phi) is 7.26. The van der Waals surface area contributed by atoms with E-state index in [2.05, 4.69) is 64.9 Å². The Bertz CT molecular complexity index is 1120. The summed E-state index contributed by atoms with van der Waals surface area (Å²) in [6.45, 7) is 6.25. The van der Waals surface area contributed by atoms with Crippen molar-refractivity contribution in [3.05, 3.63) is 71.4 Å². The average molecular weight is 430 g/mol. The summed E-state index contributed by atoms with van der Waals surface area (Å²) in [5.41, 5.74) is 3.96. The highest BCUT2D eigenvalue weighted by Crippen LogP contribution is 2.21. The summed E-state index contributed by atoms with van der Waals surface area (Å²) >= 11 is 0. The Hall–Kier alpha value is -3.07. The number of nitrogens with zero attached hydrogens (tertiary/aromatic N) is 2. The minimum absolute atomic E-state index is 0.0741. The molecule has 4 rings (SSSR count). The molecule has 166 valence electrons. The first-order valence-corrected chi connectivity index (χ1v) is 11.4. The van der Waals surface area contributed by atoms with Gasteiger partial charge < -0.3 is 19.5 Å². The number of ether oxygens (including phenoxy) is 1. The van der Waals surface area contributed by atoms with Gasteiger partial charge in [-0.25, -0.2) is 4.79 Å². The van der Waals surface area contributed by atoms with Gasteiger partial charge in [-0.15, -0.1) is 0 Å². The van der Waals surface area contributed by atoms with Gasteiger partial charge in [-0.1, -0.05) is 30.2 Å². The van der Waals surface area contributed by atoms with Crippen molar-refractivity contribution in [2.45, 2.75) is 38.9 Å². The maximum atomic E-state index is 12.0. The fourth-order valence-electron chi connectivity index (χ4n) is 4.24. The van der Waals surface area contributed by atoms with E-state index >= 15 is 0 Å². The van der Waals surface area contributed by atoms with Crippen molar-refractivity contribution in [2.75, 3.05) is 26.7 Å². The third-order valence-electron chi connectivity index (χ3n) is 6.10. The van der Waals surface area contributed by atoms with E-state index in [0.717, 1.165) is 18.8 Å². The molecule has 0 aliphatic carbocycles. The van der Waals surface area contributed by atoms with E-state index < -0.39 is 0 Å². The van der Waals surface area contributed by atoms with Crippen LogP contribution >= 0.6 is 0 Å². The van der Waals surface area contributed by atoms with E-state index in [0.29, 0.717) is 11.6 Å². The van der Waals surface area contributed by atoms with Crippen LogP contribution in [0.2, 0.25) is 0 Å². The van der Waals surface area contributed by atoms with Gasteiger partial charge in [0.15, 0.2) is 6.61 Å². The average Bonchev–Trinajstić information content (AvgIpc) is 3.18. The third-order valence-corrected chi connectivity index (χ3v) is 6.10. The predicted octanol–water partition coefficient (Wildman–Crippen LogP) is 4.05. The summed E-state index contributed by atoms with van der Waals surface area (Å²) in [6.07, 6.45) is 2.42. The highest BCUT2D eigenvalue weighted by atomic mass is 16.5. The molecule has 5 heteroatoms. The van der Waals surface area contributed by atoms with Crippen LogP contribution in [0.3, 0.4) is 0 Å². The van der Waals surface area contributed by atoms with Crippen LogP contribution in [0.4, 0.5) is 0 Å². The molecular weight excluding hydrogens is 398 g/mol. The summed E-state index contributed by atoms with van der Waals surface area (Å²) in [5.74, 6) is 5.83. The van der Waals surface area contributed by atoms with Gasteiger partial charge in [-0.3, -0.25) is 0 Å². The van der Waals surface area contributed by atoms with Crippen molar-refractivity contribution in [1.29, 1.82) is 0 Å². The number of benzene rings is 2.